The Hall–Kier alpha value is -1.16. The van der Waals surface area contributed by atoms with E-state index in [9.17, 15) is 9.36 Å². The topological polar surface area (TPSA) is 55.8 Å². The third kappa shape index (κ3) is 4.21. The molecule has 0 spiro atoms. The first kappa shape index (κ1) is 19.6. The normalized spacial score (nSPS) is 25.9. The fourth-order valence-electron chi connectivity index (χ4n) is 4.60. The molecule has 2 fully saturated rings. The fourth-order valence-corrected chi connectivity index (χ4v) is 6.63. The molecule has 144 valence electrons. The summed E-state index contributed by atoms with van der Waals surface area (Å²) in [5.41, 5.74) is 0.732. The molecule has 1 saturated carbocycles. The van der Waals surface area contributed by atoms with Crippen LogP contribution in [0.25, 0.3) is 0 Å². The standard InChI is InChI=1S/C20H30NO4P/c1-3-24-26(23,25-4-2)15-17-14-21(19-13-9-8-12-18(17)19)20(22)16-10-6-5-7-11-16/h5-7,10-11,17-19H,3-4,8-9,12-15H2,1-2H3. The van der Waals surface area contributed by atoms with Crippen molar-refractivity contribution in [1.82, 2.24) is 4.90 Å². The van der Waals surface area contributed by atoms with Gasteiger partial charge in [-0.1, -0.05) is 31.0 Å². The number of fused-ring (bicyclic) bond motifs is 1. The smallest absolute Gasteiger partial charge is 0.331 e. The number of hydrogen-bond donors (Lipinski definition) is 0. The van der Waals surface area contributed by atoms with E-state index in [4.69, 9.17) is 9.05 Å². The zero-order valence-corrected chi connectivity index (χ0v) is 16.7. The lowest BCUT2D eigenvalue weighted by atomic mass is 9.80. The lowest BCUT2D eigenvalue weighted by Crippen LogP contribution is -2.39. The van der Waals surface area contributed by atoms with Gasteiger partial charge in [-0.05, 0) is 50.7 Å². The van der Waals surface area contributed by atoms with E-state index < -0.39 is 7.60 Å². The first-order chi connectivity index (χ1) is 12.6. The van der Waals surface area contributed by atoms with E-state index in [1.807, 2.05) is 49.1 Å². The van der Waals surface area contributed by atoms with E-state index >= 15 is 0 Å². The minimum Gasteiger partial charge on any atom is -0.335 e. The van der Waals surface area contributed by atoms with Crippen LogP contribution >= 0.6 is 7.60 Å². The van der Waals surface area contributed by atoms with E-state index in [0.29, 0.717) is 31.8 Å². The Bertz CT molecular complexity index is 640. The van der Waals surface area contributed by atoms with E-state index in [1.165, 1.54) is 6.42 Å². The average molecular weight is 379 g/mol. The van der Waals surface area contributed by atoms with E-state index in [2.05, 4.69) is 0 Å². The molecule has 0 bridgehead atoms. The molecule has 2 aliphatic rings. The van der Waals surface area contributed by atoms with E-state index in [-0.39, 0.29) is 17.9 Å². The number of likely N-dealkylation sites (tertiary alicyclic amines) is 1. The molecule has 3 atom stereocenters. The van der Waals surface area contributed by atoms with Crippen LogP contribution in [0.15, 0.2) is 30.3 Å². The largest absolute Gasteiger partial charge is 0.335 e. The Labute approximate surface area is 156 Å². The molecule has 1 aliphatic carbocycles. The van der Waals surface area contributed by atoms with Crippen LogP contribution in [0.2, 0.25) is 0 Å². The van der Waals surface area contributed by atoms with Crippen LogP contribution in [0.3, 0.4) is 0 Å². The molecule has 0 radical (unpaired) electrons. The van der Waals surface area contributed by atoms with Crippen LogP contribution in [0.5, 0.6) is 0 Å². The van der Waals surface area contributed by atoms with Crippen molar-refractivity contribution < 1.29 is 18.4 Å². The van der Waals surface area contributed by atoms with Crippen molar-refractivity contribution in [3.05, 3.63) is 35.9 Å². The Balaban J connectivity index is 1.79. The zero-order valence-electron chi connectivity index (χ0n) is 15.8. The highest BCUT2D eigenvalue weighted by Crippen LogP contribution is 2.53. The highest BCUT2D eigenvalue weighted by atomic mass is 31.2. The van der Waals surface area contributed by atoms with Crippen molar-refractivity contribution in [1.29, 1.82) is 0 Å². The minimum absolute atomic E-state index is 0.0904. The molecular weight excluding hydrogens is 349 g/mol. The van der Waals surface area contributed by atoms with Crippen LogP contribution in [0, 0.1) is 11.8 Å². The summed E-state index contributed by atoms with van der Waals surface area (Å²) in [6, 6.07) is 9.72. The van der Waals surface area contributed by atoms with Gasteiger partial charge in [0.2, 0.25) is 0 Å². The Kier molecular flexibility index (Phi) is 6.55. The quantitative estimate of drug-likeness (QED) is 0.651. The van der Waals surface area contributed by atoms with Crippen molar-refractivity contribution in [2.45, 2.75) is 45.6 Å². The van der Waals surface area contributed by atoms with Gasteiger partial charge >= 0.3 is 7.60 Å². The molecule has 0 N–H and O–H groups in total. The first-order valence-corrected chi connectivity index (χ1v) is 11.5. The third-order valence-electron chi connectivity index (χ3n) is 5.61. The second-order valence-electron chi connectivity index (χ2n) is 7.23. The summed E-state index contributed by atoms with van der Waals surface area (Å²) in [6.45, 7) is 5.09. The average Bonchev–Trinajstić information content (AvgIpc) is 3.00. The van der Waals surface area contributed by atoms with Gasteiger partial charge < -0.3 is 13.9 Å². The molecule has 3 rings (SSSR count). The van der Waals surface area contributed by atoms with Crippen LogP contribution in [-0.4, -0.2) is 42.8 Å². The molecule has 6 heteroatoms. The minimum atomic E-state index is -3.10. The molecule has 1 aromatic rings. The predicted octanol–water partition coefficient (Wildman–Crippen LogP) is 4.58. The summed E-state index contributed by atoms with van der Waals surface area (Å²) < 4.78 is 24.1. The lowest BCUT2D eigenvalue weighted by Gasteiger charge is -2.32. The molecule has 1 saturated heterocycles. The SMILES string of the molecule is CCOP(=O)(CC1CN(C(=O)c2ccccc2)C2CCCCC12)OCC. The second-order valence-corrected chi connectivity index (χ2v) is 9.33. The number of carbonyl (C=O) groups excluding carboxylic acids is 1. The maximum absolute atomic E-state index is 13.1. The van der Waals surface area contributed by atoms with Gasteiger partial charge in [0.05, 0.1) is 19.4 Å². The fraction of sp³-hybridized carbons (Fsp3) is 0.650. The van der Waals surface area contributed by atoms with Gasteiger partial charge in [0.1, 0.15) is 0 Å². The van der Waals surface area contributed by atoms with E-state index in [1.54, 1.807) is 0 Å². The summed E-state index contributed by atoms with van der Waals surface area (Å²) >= 11 is 0. The van der Waals surface area contributed by atoms with E-state index in [0.717, 1.165) is 24.8 Å². The zero-order chi connectivity index (χ0) is 18.6. The lowest BCUT2D eigenvalue weighted by molar-refractivity contribution is 0.0690. The molecule has 3 unspecified atom stereocenters. The predicted molar refractivity (Wildman–Crippen MR) is 102 cm³/mol. The third-order valence-corrected chi connectivity index (χ3v) is 7.83. The van der Waals surface area contributed by atoms with Gasteiger partial charge in [-0.15, -0.1) is 0 Å². The number of benzene rings is 1. The number of rotatable bonds is 7. The Morgan fingerprint density at radius 2 is 1.77 bits per heavy atom. The van der Waals surface area contributed by atoms with Crippen LogP contribution in [-0.2, 0) is 13.6 Å². The van der Waals surface area contributed by atoms with Gasteiger partial charge in [-0.25, -0.2) is 0 Å². The molecule has 0 aromatic heterocycles. The molecule has 1 amide bonds. The molecule has 1 heterocycles. The van der Waals surface area contributed by atoms with Crippen molar-refractivity contribution in [3.63, 3.8) is 0 Å². The summed E-state index contributed by atoms with van der Waals surface area (Å²) in [7, 11) is -3.10. The Morgan fingerprint density at radius 1 is 1.12 bits per heavy atom. The summed E-state index contributed by atoms with van der Waals surface area (Å²) in [4.78, 5) is 15.1. The number of nitrogens with zero attached hydrogens (tertiary/aromatic N) is 1. The summed E-state index contributed by atoms with van der Waals surface area (Å²) in [5.74, 6) is 0.662. The molecule has 26 heavy (non-hydrogen) atoms. The van der Waals surface area contributed by atoms with Gasteiger partial charge in [-0.3, -0.25) is 9.36 Å². The van der Waals surface area contributed by atoms with Gasteiger partial charge in [0, 0.05) is 18.2 Å². The van der Waals surface area contributed by atoms with Crippen molar-refractivity contribution in [3.8, 4) is 0 Å². The first-order valence-electron chi connectivity index (χ1n) is 9.82. The monoisotopic (exact) mass is 379 g/mol. The number of amides is 1. The summed E-state index contributed by atoms with van der Waals surface area (Å²) in [5, 5.41) is 0. The molecule has 1 aromatic carbocycles. The second kappa shape index (κ2) is 8.69. The van der Waals surface area contributed by atoms with Gasteiger partial charge in [-0.2, -0.15) is 0 Å². The van der Waals surface area contributed by atoms with Crippen molar-refractivity contribution in [2.24, 2.45) is 11.8 Å². The van der Waals surface area contributed by atoms with Gasteiger partial charge in [0.25, 0.3) is 5.91 Å². The number of carbonyl (C=O) groups is 1. The molecular formula is C20H30NO4P. The van der Waals surface area contributed by atoms with Crippen molar-refractivity contribution >= 4 is 13.5 Å². The van der Waals surface area contributed by atoms with Crippen LogP contribution in [0.4, 0.5) is 0 Å². The maximum Gasteiger partial charge on any atom is 0.331 e. The Morgan fingerprint density at radius 3 is 2.42 bits per heavy atom. The van der Waals surface area contributed by atoms with Crippen molar-refractivity contribution in [2.75, 3.05) is 25.9 Å². The number of hydrogen-bond acceptors (Lipinski definition) is 4. The summed E-state index contributed by atoms with van der Waals surface area (Å²) in [6.07, 6.45) is 4.87. The highest BCUT2D eigenvalue weighted by Gasteiger charge is 2.47. The highest BCUT2D eigenvalue weighted by molar-refractivity contribution is 7.53. The van der Waals surface area contributed by atoms with Crippen LogP contribution in [0.1, 0.15) is 49.9 Å². The molecule has 5 nitrogen and oxygen atoms in total. The maximum atomic E-state index is 13.1. The van der Waals surface area contributed by atoms with Crippen LogP contribution < -0.4 is 0 Å². The molecule has 1 aliphatic heterocycles. The van der Waals surface area contributed by atoms with Gasteiger partial charge in [0.15, 0.2) is 0 Å².